The molecule has 0 saturated carbocycles. The molecule has 0 aromatic carbocycles. The predicted octanol–water partition coefficient (Wildman–Crippen LogP) is 2.58. The molecule has 1 heterocycles. The zero-order valence-corrected chi connectivity index (χ0v) is 12.4. The standard InChI is InChI=1S/C15H23N3O2/c1-9(2)8-13(15(19)20)18-14-11-6-4-5-7-12(11)16-10(3)17-14/h9,13H,4-8H2,1-3H3,(H,19,20)(H,16,17,18). The number of fused-ring (bicyclic) bond motifs is 1. The van der Waals surface area contributed by atoms with Crippen molar-refractivity contribution in [3.05, 3.63) is 17.1 Å². The Bertz CT molecular complexity index is 500. The maximum atomic E-state index is 11.4. The van der Waals surface area contributed by atoms with E-state index in [1.165, 1.54) is 0 Å². The number of aryl methyl sites for hydroxylation is 2. The van der Waals surface area contributed by atoms with Gasteiger partial charge < -0.3 is 10.4 Å². The van der Waals surface area contributed by atoms with Gasteiger partial charge in [-0.2, -0.15) is 0 Å². The Hall–Kier alpha value is -1.65. The molecule has 1 aliphatic carbocycles. The lowest BCUT2D eigenvalue weighted by Gasteiger charge is -2.22. The number of hydrogen-bond donors (Lipinski definition) is 2. The van der Waals surface area contributed by atoms with Crippen molar-refractivity contribution in [3.63, 3.8) is 0 Å². The summed E-state index contributed by atoms with van der Waals surface area (Å²) in [6, 6.07) is -0.588. The fraction of sp³-hybridized carbons (Fsp3) is 0.667. The van der Waals surface area contributed by atoms with Gasteiger partial charge >= 0.3 is 5.97 Å². The van der Waals surface area contributed by atoms with Crippen molar-refractivity contribution in [2.24, 2.45) is 5.92 Å². The van der Waals surface area contributed by atoms with Crippen molar-refractivity contribution < 1.29 is 9.90 Å². The summed E-state index contributed by atoms with van der Waals surface area (Å²) in [5.74, 6) is 0.934. The van der Waals surface area contributed by atoms with Crippen molar-refractivity contribution in [1.82, 2.24) is 9.97 Å². The molecule has 1 aromatic rings. The molecule has 110 valence electrons. The first-order chi connectivity index (χ1) is 9.47. The summed E-state index contributed by atoms with van der Waals surface area (Å²) in [6.07, 6.45) is 4.77. The molecule has 0 radical (unpaired) electrons. The zero-order chi connectivity index (χ0) is 14.7. The number of aliphatic carboxylic acids is 1. The molecule has 5 heteroatoms. The van der Waals surface area contributed by atoms with Crippen molar-refractivity contribution in [3.8, 4) is 0 Å². The van der Waals surface area contributed by atoms with Crippen LogP contribution in [0.1, 0.15) is 50.2 Å². The molecule has 1 aliphatic rings. The van der Waals surface area contributed by atoms with E-state index in [1.807, 2.05) is 20.8 Å². The summed E-state index contributed by atoms with van der Waals surface area (Å²) in [5.41, 5.74) is 2.19. The van der Waals surface area contributed by atoms with E-state index in [9.17, 15) is 9.90 Å². The Morgan fingerprint density at radius 1 is 1.30 bits per heavy atom. The molecule has 0 bridgehead atoms. The van der Waals surface area contributed by atoms with Gasteiger partial charge in [0.1, 0.15) is 17.7 Å². The van der Waals surface area contributed by atoms with Crippen LogP contribution in [0.2, 0.25) is 0 Å². The number of hydrogen-bond acceptors (Lipinski definition) is 4. The minimum Gasteiger partial charge on any atom is -0.480 e. The molecule has 1 atom stereocenters. The first-order valence-electron chi connectivity index (χ1n) is 7.33. The van der Waals surface area contributed by atoms with Crippen LogP contribution in [0.5, 0.6) is 0 Å². The van der Waals surface area contributed by atoms with E-state index in [-0.39, 0.29) is 0 Å². The second-order valence-corrected chi connectivity index (χ2v) is 5.92. The van der Waals surface area contributed by atoms with Crippen LogP contribution in [0.15, 0.2) is 0 Å². The molecular weight excluding hydrogens is 254 g/mol. The van der Waals surface area contributed by atoms with Crippen LogP contribution in [0, 0.1) is 12.8 Å². The molecule has 0 aliphatic heterocycles. The number of anilines is 1. The first-order valence-corrected chi connectivity index (χ1v) is 7.33. The number of carboxylic acid groups (broad SMARTS) is 1. The van der Waals surface area contributed by atoms with Gasteiger partial charge in [-0.3, -0.25) is 0 Å². The Kier molecular flexibility index (Phi) is 4.57. The summed E-state index contributed by atoms with van der Waals surface area (Å²) in [4.78, 5) is 20.3. The van der Waals surface area contributed by atoms with E-state index in [1.54, 1.807) is 0 Å². The van der Waals surface area contributed by atoms with Gasteiger partial charge in [-0.15, -0.1) is 0 Å². The van der Waals surface area contributed by atoms with Crippen molar-refractivity contribution in [2.75, 3.05) is 5.32 Å². The number of nitrogens with zero attached hydrogens (tertiary/aromatic N) is 2. The lowest BCUT2D eigenvalue weighted by Crippen LogP contribution is -2.32. The van der Waals surface area contributed by atoms with Crippen molar-refractivity contribution in [1.29, 1.82) is 0 Å². The van der Waals surface area contributed by atoms with Crippen molar-refractivity contribution in [2.45, 2.75) is 58.9 Å². The molecule has 0 saturated heterocycles. The fourth-order valence-corrected chi connectivity index (χ4v) is 2.69. The fourth-order valence-electron chi connectivity index (χ4n) is 2.69. The van der Waals surface area contributed by atoms with Crippen LogP contribution in [0.4, 0.5) is 5.82 Å². The molecule has 0 amide bonds. The highest BCUT2D eigenvalue weighted by Crippen LogP contribution is 2.26. The number of rotatable bonds is 5. The Morgan fingerprint density at radius 2 is 2.00 bits per heavy atom. The lowest BCUT2D eigenvalue weighted by atomic mass is 9.95. The van der Waals surface area contributed by atoms with Gasteiger partial charge in [0.05, 0.1) is 0 Å². The van der Waals surface area contributed by atoms with Crippen molar-refractivity contribution >= 4 is 11.8 Å². The molecule has 1 unspecified atom stereocenters. The van der Waals surface area contributed by atoms with E-state index in [4.69, 9.17) is 0 Å². The maximum Gasteiger partial charge on any atom is 0.326 e. The number of carboxylic acids is 1. The average Bonchev–Trinajstić information content (AvgIpc) is 2.37. The minimum atomic E-state index is -0.820. The highest BCUT2D eigenvalue weighted by atomic mass is 16.4. The summed E-state index contributed by atoms with van der Waals surface area (Å²) >= 11 is 0. The van der Waals surface area contributed by atoms with Crippen LogP contribution in [-0.2, 0) is 17.6 Å². The van der Waals surface area contributed by atoms with Gasteiger partial charge in [-0.25, -0.2) is 14.8 Å². The third-order valence-corrected chi connectivity index (χ3v) is 3.61. The second-order valence-electron chi connectivity index (χ2n) is 5.92. The van der Waals surface area contributed by atoms with Gasteiger partial charge in [-0.1, -0.05) is 13.8 Å². The highest BCUT2D eigenvalue weighted by molar-refractivity contribution is 5.77. The second kappa shape index (κ2) is 6.20. The highest BCUT2D eigenvalue weighted by Gasteiger charge is 2.23. The third kappa shape index (κ3) is 3.46. The molecular formula is C15H23N3O2. The topological polar surface area (TPSA) is 75.1 Å². The van der Waals surface area contributed by atoms with Crippen LogP contribution >= 0.6 is 0 Å². The molecule has 0 spiro atoms. The van der Waals surface area contributed by atoms with Crippen LogP contribution in [0.3, 0.4) is 0 Å². The van der Waals surface area contributed by atoms with Gasteiger partial charge in [-0.05, 0) is 44.9 Å². The number of nitrogens with one attached hydrogen (secondary N) is 1. The smallest absolute Gasteiger partial charge is 0.326 e. The van der Waals surface area contributed by atoms with E-state index >= 15 is 0 Å². The summed E-state index contributed by atoms with van der Waals surface area (Å²) in [5, 5.41) is 12.5. The summed E-state index contributed by atoms with van der Waals surface area (Å²) in [7, 11) is 0. The Balaban J connectivity index is 2.27. The van der Waals surface area contributed by atoms with Crippen LogP contribution in [0.25, 0.3) is 0 Å². The van der Waals surface area contributed by atoms with Gasteiger partial charge in [0.2, 0.25) is 0 Å². The van der Waals surface area contributed by atoms with Crippen LogP contribution in [-0.4, -0.2) is 27.1 Å². The Morgan fingerprint density at radius 3 is 2.65 bits per heavy atom. The predicted molar refractivity (Wildman–Crippen MR) is 77.9 cm³/mol. The van der Waals surface area contributed by atoms with E-state index in [0.29, 0.717) is 18.2 Å². The first kappa shape index (κ1) is 14.8. The molecule has 1 aromatic heterocycles. The molecule has 0 fully saturated rings. The SMILES string of the molecule is Cc1nc2c(c(NC(CC(C)C)C(=O)O)n1)CCCC2. The molecule has 5 nitrogen and oxygen atoms in total. The molecule has 2 rings (SSSR count). The van der Waals surface area contributed by atoms with Crippen LogP contribution < -0.4 is 5.32 Å². The maximum absolute atomic E-state index is 11.4. The lowest BCUT2D eigenvalue weighted by molar-refractivity contribution is -0.138. The average molecular weight is 277 g/mol. The zero-order valence-electron chi connectivity index (χ0n) is 12.4. The largest absolute Gasteiger partial charge is 0.480 e. The minimum absolute atomic E-state index is 0.322. The molecule has 2 N–H and O–H groups in total. The summed E-state index contributed by atoms with van der Waals surface area (Å²) < 4.78 is 0. The van der Waals surface area contributed by atoms with E-state index in [2.05, 4.69) is 15.3 Å². The monoisotopic (exact) mass is 277 g/mol. The van der Waals surface area contributed by atoms with E-state index in [0.717, 1.165) is 42.8 Å². The van der Waals surface area contributed by atoms with Gasteiger partial charge in [0.25, 0.3) is 0 Å². The quantitative estimate of drug-likeness (QED) is 0.865. The Labute approximate surface area is 119 Å². The van der Waals surface area contributed by atoms with E-state index < -0.39 is 12.0 Å². The summed E-state index contributed by atoms with van der Waals surface area (Å²) in [6.45, 7) is 5.91. The number of aromatic nitrogens is 2. The third-order valence-electron chi connectivity index (χ3n) is 3.61. The van der Waals surface area contributed by atoms with Gasteiger partial charge in [0.15, 0.2) is 0 Å². The molecule has 20 heavy (non-hydrogen) atoms. The normalized spacial score (nSPS) is 15.8. The number of carbonyl (C=O) groups is 1. The van der Waals surface area contributed by atoms with Gasteiger partial charge in [0, 0.05) is 11.3 Å².